The van der Waals surface area contributed by atoms with Crippen LogP contribution >= 0.6 is 0 Å². The van der Waals surface area contributed by atoms with E-state index >= 15 is 0 Å². The normalized spacial score (nSPS) is 13.8. The lowest BCUT2D eigenvalue weighted by atomic mass is 10.2. The van der Waals surface area contributed by atoms with Gasteiger partial charge in [-0.25, -0.2) is 9.07 Å². The van der Waals surface area contributed by atoms with E-state index in [0.29, 0.717) is 12.1 Å². The van der Waals surface area contributed by atoms with Gasteiger partial charge in [0.1, 0.15) is 17.9 Å². The van der Waals surface area contributed by atoms with Crippen LogP contribution in [-0.2, 0) is 17.9 Å². The highest BCUT2D eigenvalue weighted by Gasteiger charge is 2.24. The van der Waals surface area contributed by atoms with Gasteiger partial charge in [-0.3, -0.25) is 9.59 Å². The summed E-state index contributed by atoms with van der Waals surface area (Å²) in [5.74, 6) is -0.508. The Morgan fingerprint density at radius 3 is 2.62 bits per heavy atom. The number of aromatic nitrogens is 3. The molecule has 5 rings (SSSR count). The quantitative estimate of drug-likeness (QED) is 0.570. The fraction of sp³-hybridized carbons (Fsp3) is 0.227. The summed E-state index contributed by atoms with van der Waals surface area (Å²) in [5, 5.41) is 8.78. The lowest BCUT2D eigenvalue weighted by Gasteiger charge is -2.09. The molecule has 146 valence electrons. The minimum absolute atomic E-state index is 0.108. The molecular weight excluding hydrogens is 371 g/mol. The molecule has 6 nitrogen and oxygen atoms in total. The second kappa shape index (κ2) is 6.84. The maximum Gasteiger partial charge on any atom is 0.291 e. The molecule has 1 aliphatic rings. The second-order valence-electron chi connectivity index (χ2n) is 7.44. The first kappa shape index (κ1) is 17.6. The van der Waals surface area contributed by atoms with E-state index in [1.807, 2.05) is 28.8 Å². The molecule has 0 saturated heterocycles. The van der Waals surface area contributed by atoms with Crippen LogP contribution in [0.1, 0.15) is 18.4 Å². The highest BCUT2D eigenvalue weighted by Crippen LogP contribution is 2.27. The summed E-state index contributed by atoms with van der Waals surface area (Å²) < 4.78 is 16.4. The Morgan fingerprint density at radius 2 is 1.86 bits per heavy atom. The maximum atomic E-state index is 13.3. The van der Waals surface area contributed by atoms with Gasteiger partial charge < -0.3 is 9.88 Å². The van der Waals surface area contributed by atoms with E-state index in [1.54, 1.807) is 18.3 Å². The predicted molar refractivity (Wildman–Crippen MR) is 108 cm³/mol. The van der Waals surface area contributed by atoms with Crippen molar-refractivity contribution in [1.29, 1.82) is 0 Å². The van der Waals surface area contributed by atoms with Crippen molar-refractivity contribution in [2.75, 3.05) is 0 Å². The second-order valence-corrected chi connectivity index (χ2v) is 7.44. The molecule has 0 aliphatic heterocycles. The molecule has 1 aliphatic carbocycles. The van der Waals surface area contributed by atoms with Gasteiger partial charge in [-0.15, -0.1) is 0 Å². The standard InChI is InChI=1S/C22H19FN4O2/c23-15-7-5-14(6-8-15)12-26-19-4-2-1-3-17(19)18-11-24-27(22(29)21(18)26)13-20(28)25-16-9-10-16/h1-8,11,16H,9-10,12-13H2,(H,25,28). The topological polar surface area (TPSA) is 68.9 Å². The van der Waals surface area contributed by atoms with Gasteiger partial charge in [0.05, 0.1) is 6.20 Å². The summed E-state index contributed by atoms with van der Waals surface area (Å²) in [6.45, 7) is 0.307. The van der Waals surface area contributed by atoms with Crippen LogP contribution in [0.15, 0.2) is 59.5 Å². The first-order valence-electron chi connectivity index (χ1n) is 9.61. The van der Waals surface area contributed by atoms with Crippen LogP contribution in [-0.4, -0.2) is 26.3 Å². The van der Waals surface area contributed by atoms with Crippen molar-refractivity contribution >= 4 is 27.7 Å². The van der Waals surface area contributed by atoms with Crippen molar-refractivity contribution in [3.05, 3.63) is 76.5 Å². The summed E-state index contributed by atoms with van der Waals surface area (Å²) >= 11 is 0. The van der Waals surface area contributed by atoms with Crippen LogP contribution in [0, 0.1) is 5.82 Å². The SMILES string of the molecule is O=C(Cn1ncc2c3ccccc3n(Cc3ccc(F)cc3)c2c1=O)NC1CC1. The molecule has 1 amide bonds. The summed E-state index contributed by atoms with van der Waals surface area (Å²) in [4.78, 5) is 25.4. The van der Waals surface area contributed by atoms with Crippen LogP contribution in [0.4, 0.5) is 4.39 Å². The van der Waals surface area contributed by atoms with Gasteiger partial charge in [0.15, 0.2) is 0 Å². The van der Waals surface area contributed by atoms with Crippen molar-refractivity contribution < 1.29 is 9.18 Å². The first-order valence-corrected chi connectivity index (χ1v) is 9.61. The number of hydrogen-bond acceptors (Lipinski definition) is 3. The van der Waals surface area contributed by atoms with Gasteiger partial charge in [0.25, 0.3) is 5.56 Å². The number of halogens is 1. The number of amides is 1. The van der Waals surface area contributed by atoms with Crippen LogP contribution in [0.25, 0.3) is 21.8 Å². The van der Waals surface area contributed by atoms with Crippen molar-refractivity contribution in [3.63, 3.8) is 0 Å². The fourth-order valence-corrected chi connectivity index (χ4v) is 3.68. The molecule has 0 atom stereocenters. The van der Waals surface area contributed by atoms with E-state index in [0.717, 1.165) is 34.7 Å². The van der Waals surface area contributed by atoms with E-state index < -0.39 is 0 Å². The molecular formula is C22H19FN4O2. The van der Waals surface area contributed by atoms with E-state index in [-0.39, 0.29) is 29.9 Å². The molecule has 2 heterocycles. The zero-order valence-electron chi connectivity index (χ0n) is 15.6. The largest absolute Gasteiger partial charge is 0.352 e. The third-order valence-electron chi connectivity index (χ3n) is 5.26. The van der Waals surface area contributed by atoms with E-state index in [4.69, 9.17) is 0 Å². The zero-order valence-corrected chi connectivity index (χ0v) is 15.6. The van der Waals surface area contributed by atoms with Crippen LogP contribution in [0.3, 0.4) is 0 Å². The molecule has 1 saturated carbocycles. The summed E-state index contributed by atoms with van der Waals surface area (Å²) in [6, 6.07) is 14.2. The Kier molecular flexibility index (Phi) is 4.16. The monoisotopic (exact) mass is 390 g/mol. The number of rotatable bonds is 5. The third kappa shape index (κ3) is 3.29. The fourth-order valence-electron chi connectivity index (χ4n) is 3.68. The van der Waals surface area contributed by atoms with Gasteiger partial charge in [0.2, 0.25) is 5.91 Å². The average Bonchev–Trinajstić information content (AvgIpc) is 3.47. The Bertz CT molecular complexity index is 1290. The number of hydrogen-bond donors (Lipinski definition) is 1. The molecule has 0 unspecified atom stereocenters. The Labute approximate surface area is 165 Å². The van der Waals surface area contributed by atoms with E-state index in [2.05, 4.69) is 10.4 Å². The number of fused-ring (bicyclic) bond motifs is 3. The summed E-state index contributed by atoms with van der Waals surface area (Å²) in [6.07, 6.45) is 3.61. The molecule has 0 radical (unpaired) electrons. The molecule has 2 aromatic heterocycles. The van der Waals surface area contributed by atoms with E-state index in [9.17, 15) is 14.0 Å². The van der Waals surface area contributed by atoms with Crippen molar-refractivity contribution in [3.8, 4) is 0 Å². The maximum absolute atomic E-state index is 13.3. The molecule has 29 heavy (non-hydrogen) atoms. The molecule has 1 N–H and O–H groups in total. The summed E-state index contributed by atoms with van der Waals surface area (Å²) in [7, 11) is 0. The van der Waals surface area contributed by atoms with Gasteiger partial charge in [0, 0.05) is 28.9 Å². The Morgan fingerprint density at radius 1 is 1.10 bits per heavy atom. The van der Waals surface area contributed by atoms with Gasteiger partial charge in [-0.2, -0.15) is 5.10 Å². The summed E-state index contributed by atoms with van der Waals surface area (Å²) in [5.41, 5.74) is 1.95. The highest BCUT2D eigenvalue weighted by molar-refractivity contribution is 6.07. The minimum Gasteiger partial charge on any atom is -0.352 e. The van der Waals surface area contributed by atoms with Gasteiger partial charge >= 0.3 is 0 Å². The Hall–Kier alpha value is -3.48. The van der Waals surface area contributed by atoms with Crippen molar-refractivity contribution in [2.45, 2.75) is 32.0 Å². The van der Waals surface area contributed by atoms with Crippen LogP contribution < -0.4 is 10.9 Å². The lowest BCUT2D eigenvalue weighted by Crippen LogP contribution is -2.35. The highest BCUT2D eigenvalue weighted by atomic mass is 19.1. The smallest absolute Gasteiger partial charge is 0.291 e. The van der Waals surface area contributed by atoms with Gasteiger partial charge in [-0.05, 0) is 36.6 Å². The van der Waals surface area contributed by atoms with E-state index in [1.165, 1.54) is 16.8 Å². The predicted octanol–water partition coefficient (Wildman–Crippen LogP) is 2.82. The third-order valence-corrected chi connectivity index (χ3v) is 5.26. The molecule has 4 aromatic rings. The molecule has 7 heteroatoms. The number of para-hydroxylation sites is 1. The molecule has 2 aromatic carbocycles. The number of carbonyl (C=O) groups is 1. The number of benzene rings is 2. The first-order chi connectivity index (χ1) is 14.1. The molecule has 0 spiro atoms. The van der Waals surface area contributed by atoms with Crippen molar-refractivity contribution in [2.24, 2.45) is 0 Å². The number of nitrogens with zero attached hydrogens (tertiary/aromatic N) is 3. The Balaban J connectivity index is 1.63. The van der Waals surface area contributed by atoms with Crippen LogP contribution in [0.2, 0.25) is 0 Å². The lowest BCUT2D eigenvalue weighted by molar-refractivity contribution is -0.122. The molecule has 0 bridgehead atoms. The number of nitrogens with one attached hydrogen (secondary N) is 1. The van der Waals surface area contributed by atoms with Gasteiger partial charge in [-0.1, -0.05) is 30.3 Å². The van der Waals surface area contributed by atoms with Crippen LogP contribution in [0.5, 0.6) is 0 Å². The molecule has 1 fully saturated rings. The zero-order chi connectivity index (χ0) is 20.0. The van der Waals surface area contributed by atoms with Crippen molar-refractivity contribution in [1.82, 2.24) is 19.7 Å². The number of carbonyl (C=O) groups excluding carboxylic acids is 1. The average molecular weight is 390 g/mol. The minimum atomic E-state index is -0.313.